The lowest BCUT2D eigenvalue weighted by molar-refractivity contribution is -0.122. The van der Waals surface area contributed by atoms with E-state index in [1.54, 1.807) is 67.1 Å². The first-order chi connectivity index (χ1) is 21.2. The van der Waals surface area contributed by atoms with Crippen molar-refractivity contribution >= 4 is 79.9 Å². The summed E-state index contributed by atoms with van der Waals surface area (Å²) >= 11 is 10.6. The van der Waals surface area contributed by atoms with Gasteiger partial charge in [0, 0.05) is 40.5 Å². The van der Waals surface area contributed by atoms with Crippen LogP contribution in [0.4, 0.5) is 11.4 Å². The molecule has 0 atom stereocenters. The predicted molar refractivity (Wildman–Crippen MR) is 180 cm³/mol. The third kappa shape index (κ3) is 8.19. The molecule has 1 aliphatic rings. The second kappa shape index (κ2) is 14.4. The molecule has 3 aromatic carbocycles. The van der Waals surface area contributed by atoms with Gasteiger partial charge in [-0.25, -0.2) is 0 Å². The number of carbonyl (C=O) groups excluding carboxylic acids is 2. The number of nitrogens with zero attached hydrogens (tertiary/aromatic N) is 4. The maximum atomic E-state index is 13.6. The SMILES string of the molecule is CN(C)c1ccc(/C=N/N=C2\S/C(=C\c3cc(Br)ccc3OCC(=O)Nc3ccc(Cl)cc3)C(=O)N2Cc2ccco2)cc1. The van der Waals surface area contributed by atoms with E-state index in [-0.39, 0.29) is 25.0 Å². The van der Waals surface area contributed by atoms with E-state index in [2.05, 4.69) is 31.4 Å². The Balaban J connectivity index is 1.35. The van der Waals surface area contributed by atoms with Crippen molar-refractivity contribution in [2.24, 2.45) is 10.2 Å². The van der Waals surface area contributed by atoms with Gasteiger partial charge in [0.15, 0.2) is 11.8 Å². The molecule has 1 N–H and O–H groups in total. The summed E-state index contributed by atoms with van der Waals surface area (Å²) in [5.41, 5.74) is 3.16. The van der Waals surface area contributed by atoms with E-state index in [0.29, 0.717) is 37.9 Å². The third-order valence-corrected chi connectivity index (χ3v) is 8.03. The van der Waals surface area contributed by atoms with Crippen molar-refractivity contribution in [3.05, 3.63) is 116 Å². The zero-order valence-electron chi connectivity index (χ0n) is 23.7. The lowest BCUT2D eigenvalue weighted by atomic mass is 10.2. The minimum atomic E-state index is -0.339. The number of carbonyl (C=O) groups is 2. The highest BCUT2D eigenvalue weighted by Crippen LogP contribution is 2.36. The highest BCUT2D eigenvalue weighted by atomic mass is 79.9. The summed E-state index contributed by atoms with van der Waals surface area (Å²) in [6.45, 7) is -0.0438. The Morgan fingerprint density at radius 3 is 2.59 bits per heavy atom. The molecule has 0 spiro atoms. The second-order valence-electron chi connectivity index (χ2n) is 9.72. The summed E-state index contributed by atoms with van der Waals surface area (Å²) in [5, 5.41) is 12.4. The summed E-state index contributed by atoms with van der Waals surface area (Å²) < 4.78 is 12.1. The Labute approximate surface area is 272 Å². The van der Waals surface area contributed by atoms with Crippen LogP contribution in [-0.4, -0.2) is 48.8 Å². The van der Waals surface area contributed by atoms with Crippen LogP contribution in [0.1, 0.15) is 16.9 Å². The van der Waals surface area contributed by atoms with Crippen molar-refractivity contribution in [3.63, 3.8) is 0 Å². The zero-order valence-corrected chi connectivity index (χ0v) is 26.9. The first-order valence-electron chi connectivity index (χ1n) is 13.3. The van der Waals surface area contributed by atoms with Gasteiger partial charge in [-0.1, -0.05) is 39.7 Å². The second-order valence-corrected chi connectivity index (χ2v) is 12.1. The van der Waals surface area contributed by atoms with Gasteiger partial charge in [0.1, 0.15) is 11.5 Å². The number of ether oxygens (including phenoxy) is 1. The minimum Gasteiger partial charge on any atom is -0.483 e. The molecule has 2 heterocycles. The Kier molecular flexibility index (Phi) is 10.2. The van der Waals surface area contributed by atoms with Crippen LogP contribution < -0.4 is 15.0 Å². The van der Waals surface area contributed by atoms with E-state index in [0.717, 1.165) is 15.7 Å². The molecule has 224 valence electrons. The Morgan fingerprint density at radius 2 is 1.89 bits per heavy atom. The standard InChI is InChI=1S/C32H27BrClN5O4S/c1-38(2)26-12-5-21(6-13-26)18-35-37-32-39(19-27-4-3-15-42-27)31(41)29(44-32)17-22-16-23(33)7-14-28(22)43-20-30(40)36-25-10-8-24(34)9-11-25/h3-18H,19-20H2,1-2H3,(H,36,40)/b29-17-,35-18+,37-32-. The van der Waals surface area contributed by atoms with Crippen LogP contribution in [0, 0.1) is 0 Å². The number of amides is 2. The number of halogens is 2. The summed E-state index contributed by atoms with van der Waals surface area (Å²) in [4.78, 5) is 30.1. The largest absolute Gasteiger partial charge is 0.483 e. The van der Waals surface area contributed by atoms with Gasteiger partial charge >= 0.3 is 0 Å². The van der Waals surface area contributed by atoms with Gasteiger partial charge in [0.25, 0.3) is 11.8 Å². The van der Waals surface area contributed by atoms with Crippen LogP contribution in [0.5, 0.6) is 5.75 Å². The number of rotatable bonds is 10. The smallest absolute Gasteiger partial charge is 0.267 e. The Hall–Kier alpha value is -4.32. The van der Waals surface area contributed by atoms with Gasteiger partial charge in [-0.3, -0.25) is 14.5 Å². The number of hydrogen-bond donors (Lipinski definition) is 1. The van der Waals surface area contributed by atoms with E-state index >= 15 is 0 Å². The van der Waals surface area contributed by atoms with E-state index in [1.165, 1.54) is 16.7 Å². The minimum absolute atomic E-state index is 0.189. The quantitative estimate of drug-likeness (QED) is 0.107. The Morgan fingerprint density at radius 1 is 1.11 bits per heavy atom. The van der Waals surface area contributed by atoms with Crippen LogP contribution in [-0.2, 0) is 16.1 Å². The molecule has 0 radical (unpaired) electrons. The number of nitrogens with one attached hydrogen (secondary N) is 1. The molecule has 44 heavy (non-hydrogen) atoms. The first kappa shape index (κ1) is 31.1. The molecule has 9 nitrogen and oxygen atoms in total. The van der Waals surface area contributed by atoms with E-state index in [1.807, 2.05) is 49.3 Å². The molecule has 0 unspecified atom stereocenters. The first-order valence-corrected chi connectivity index (χ1v) is 15.3. The predicted octanol–water partition coefficient (Wildman–Crippen LogP) is 7.29. The van der Waals surface area contributed by atoms with Crippen molar-refractivity contribution in [1.82, 2.24) is 4.90 Å². The molecule has 4 aromatic rings. The van der Waals surface area contributed by atoms with Crippen LogP contribution >= 0.6 is 39.3 Å². The molecule has 0 bridgehead atoms. The van der Waals surface area contributed by atoms with Crippen LogP contribution in [0.2, 0.25) is 5.02 Å². The van der Waals surface area contributed by atoms with Crippen LogP contribution in [0.15, 0.2) is 109 Å². The number of furan rings is 1. The maximum Gasteiger partial charge on any atom is 0.267 e. The van der Waals surface area contributed by atoms with Gasteiger partial charge in [0.05, 0.1) is 23.9 Å². The molecule has 5 rings (SSSR count). The van der Waals surface area contributed by atoms with Gasteiger partial charge in [-0.15, -0.1) is 5.10 Å². The van der Waals surface area contributed by atoms with Crippen molar-refractivity contribution in [2.75, 3.05) is 30.9 Å². The van der Waals surface area contributed by atoms with Crippen molar-refractivity contribution in [2.45, 2.75) is 6.54 Å². The molecule has 0 saturated carbocycles. The summed E-state index contributed by atoms with van der Waals surface area (Å²) in [7, 11) is 3.95. The monoisotopic (exact) mass is 691 g/mol. The summed E-state index contributed by atoms with van der Waals surface area (Å²) in [6.07, 6.45) is 4.91. The van der Waals surface area contributed by atoms with Crippen molar-refractivity contribution < 1.29 is 18.7 Å². The highest BCUT2D eigenvalue weighted by molar-refractivity contribution is 9.10. The fraction of sp³-hybridized carbons (Fsp3) is 0.125. The van der Waals surface area contributed by atoms with Crippen molar-refractivity contribution in [1.29, 1.82) is 0 Å². The average molecular weight is 693 g/mol. The fourth-order valence-corrected chi connectivity index (χ4v) is 5.49. The van der Waals surface area contributed by atoms with Gasteiger partial charge in [-0.2, -0.15) is 5.10 Å². The van der Waals surface area contributed by atoms with E-state index in [9.17, 15) is 9.59 Å². The highest BCUT2D eigenvalue weighted by Gasteiger charge is 2.34. The van der Waals surface area contributed by atoms with Crippen LogP contribution in [0.25, 0.3) is 6.08 Å². The molecule has 2 amide bonds. The number of anilines is 2. The average Bonchev–Trinajstić information content (AvgIpc) is 3.62. The van der Waals surface area contributed by atoms with Gasteiger partial charge in [0.2, 0.25) is 0 Å². The normalized spacial score (nSPS) is 15.0. The maximum absolute atomic E-state index is 13.6. The van der Waals surface area contributed by atoms with Gasteiger partial charge in [-0.05, 0) is 90.1 Å². The van der Waals surface area contributed by atoms with Gasteiger partial charge < -0.3 is 19.4 Å². The Bertz CT molecular complexity index is 1720. The molecule has 12 heteroatoms. The number of thioether (sulfide) groups is 1. The van der Waals surface area contributed by atoms with Crippen LogP contribution in [0.3, 0.4) is 0 Å². The fourth-order valence-electron chi connectivity index (χ4n) is 4.06. The van der Waals surface area contributed by atoms with Crippen molar-refractivity contribution in [3.8, 4) is 5.75 Å². The number of hydrogen-bond acceptors (Lipinski definition) is 8. The summed E-state index contributed by atoms with van der Waals surface area (Å²) in [6, 6.07) is 23.6. The third-order valence-electron chi connectivity index (χ3n) is 6.29. The van der Waals surface area contributed by atoms with E-state index < -0.39 is 0 Å². The molecule has 0 aliphatic carbocycles. The summed E-state index contributed by atoms with van der Waals surface area (Å²) in [5.74, 6) is 0.437. The molecular weight excluding hydrogens is 666 g/mol. The number of benzene rings is 3. The zero-order chi connectivity index (χ0) is 31.1. The molecule has 1 aromatic heterocycles. The lowest BCUT2D eigenvalue weighted by Gasteiger charge is -2.13. The molecule has 1 aliphatic heterocycles. The number of amidine groups is 1. The molecular formula is C32H27BrClN5O4S. The molecule has 1 saturated heterocycles. The lowest BCUT2D eigenvalue weighted by Crippen LogP contribution is -2.28. The topological polar surface area (TPSA) is 99.7 Å². The molecule has 1 fully saturated rings. The van der Waals surface area contributed by atoms with E-state index in [4.69, 9.17) is 20.8 Å².